The number of hydrogen-bond donors (Lipinski definition) is 1. The predicted octanol–water partition coefficient (Wildman–Crippen LogP) is 1.49. The number of amides is 2. The molecule has 0 spiro atoms. The molecule has 1 N–H and O–H groups in total. The molecular weight excluding hydrogens is 254 g/mol. The summed E-state index contributed by atoms with van der Waals surface area (Å²) >= 11 is 0. The van der Waals surface area contributed by atoms with Crippen molar-refractivity contribution in [1.82, 2.24) is 14.9 Å². The molecule has 1 unspecified atom stereocenters. The van der Waals surface area contributed by atoms with Gasteiger partial charge in [0.15, 0.2) is 0 Å². The highest BCUT2D eigenvalue weighted by Gasteiger charge is 2.38. The van der Waals surface area contributed by atoms with Crippen LogP contribution in [0.4, 0.5) is 0 Å². The van der Waals surface area contributed by atoms with E-state index in [1.165, 1.54) is 4.90 Å². The van der Waals surface area contributed by atoms with E-state index < -0.39 is 0 Å². The molecule has 1 fully saturated rings. The van der Waals surface area contributed by atoms with Crippen molar-refractivity contribution < 1.29 is 9.59 Å². The highest BCUT2D eigenvalue weighted by atomic mass is 16.2. The first-order valence-corrected chi connectivity index (χ1v) is 6.63. The van der Waals surface area contributed by atoms with Crippen molar-refractivity contribution in [2.75, 3.05) is 6.54 Å². The Labute approximate surface area is 116 Å². The van der Waals surface area contributed by atoms with Crippen LogP contribution >= 0.6 is 0 Å². The largest absolute Gasteiger partial charge is 0.349 e. The summed E-state index contributed by atoms with van der Waals surface area (Å²) < 4.78 is 0. The summed E-state index contributed by atoms with van der Waals surface area (Å²) in [7, 11) is 0. The lowest BCUT2D eigenvalue weighted by Gasteiger charge is -2.14. The number of carbonyl (C=O) groups excluding carboxylic acids is 2. The number of H-pyrrole nitrogens is 1. The van der Waals surface area contributed by atoms with Gasteiger partial charge in [-0.15, -0.1) is 0 Å². The lowest BCUT2D eigenvalue weighted by Crippen LogP contribution is -2.32. The molecule has 2 heterocycles. The van der Waals surface area contributed by atoms with Crippen LogP contribution in [0.3, 0.4) is 0 Å². The maximum atomic E-state index is 12.4. The van der Waals surface area contributed by atoms with Crippen LogP contribution in [-0.2, 0) is 16.0 Å². The summed E-state index contributed by atoms with van der Waals surface area (Å²) in [5.74, 6) is 0.247. The minimum atomic E-state index is -0.333. The van der Waals surface area contributed by atoms with Crippen molar-refractivity contribution in [2.24, 2.45) is 0 Å². The van der Waals surface area contributed by atoms with Crippen molar-refractivity contribution >= 4 is 11.8 Å². The lowest BCUT2D eigenvalue weighted by molar-refractivity contribution is -0.138. The first kappa shape index (κ1) is 12.6. The predicted molar refractivity (Wildman–Crippen MR) is 72.8 cm³/mol. The Bertz CT molecular complexity index is 607. The Kier molecular flexibility index (Phi) is 3.33. The van der Waals surface area contributed by atoms with Crippen molar-refractivity contribution in [2.45, 2.75) is 18.8 Å². The maximum Gasteiger partial charge on any atom is 0.237 e. The van der Waals surface area contributed by atoms with Crippen LogP contribution < -0.4 is 0 Å². The van der Waals surface area contributed by atoms with Gasteiger partial charge in [-0.05, 0) is 5.56 Å². The summed E-state index contributed by atoms with van der Waals surface area (Å²) in [6, 6.07) is 9.47. The van der Waals surface area contributed by atoms with Crippen LogP contribution in [0.25, 0.3) is 0 Å². The second kappa shape index (κ2) is 5.28. The number of imide groups is 1. The number of rotatable bonds is 4. The van der Waals surface area contributed by atoms with Gasteiger partial charge in [0.25, 0.3) is 0 Å². The van der Waals surface area contributed by atoms with Gasteiger partial charge in [0, 0.05) is 31.8 Å². The third-order valence-electron chi connectivity index (χ3n) is 3.57. The summed E-state index contributed by atoms with van der Waals surface area (Å²) in [5, 5.41) is 0. The van der Waals surface area contributed by atoms with Crippen LogP contribution in [0.1, 0.15) is 23.7 Å². The van der Waals surface area contributed by atoms with Crippen LogP contribution in [0.2, 0.25) is 0 Å². The van der Waals surface area contributed by atoms with Gasteiger partial charge in [-0.3, -0.25) is 14.5 Å². The van der Waals surface area contributed by atoms with E-state index in [1.54, 1.807) is 12.4 Å². The smallest absolute Gasteiger partial charge is 0.237 e. The van der Waals surface area contributed by atoms with Gasteiger partial charge < -0.3 is 4.98 Å². The summed E-state index contributed by atoms with van der Waals surface area (Å²) in [6.07, 6.45) is 4.22. The lowest BCUT2D eigenvalue weighted by atomic mass is 9.98. The Balaban J connectivity index is 1.71. The van der Waals surface area contributed by atoms with Crippen molar-refractivity contribution in [3.05, 3.63) is 54.1 Å². The molecule has 0 bridgehead atoms. The zero-order valence-corrected chi connectivity index (χ0v) is 11.0. The molecule has 2 amide bonds. The van der Waals surface area contributed by atoms with E-state index in [0.717, 1.165) is 11.4 Å². The highest BCUT2D eigenvalue weighted by Crippen LogP contribution is 2.29. The monoisotopic (exact) mass is 269 g/mol. The number of aromatic amines is 1. The number of nitrogens with zero attached hydrogens (tertiary/aromatic N) is 2. The molecular formula is C15H15N3O2. The molecule has 3 rings (SSSR count). The zero-order chi connectivity index (χ0) is 13.9. The molecule has 1 aliphatic heterocycles. The van der Waals surface area contributed by atoms with Gasteiger partial charge in [-0.1, -0.05) is 30.3 Å². The van der Waals surface area contributed by atoms with Crippen LogP contribution in [0.5, 0.6) is 0 Å². The van der Waals surface area contributed by atoms with Crippen LogP contribution in [-0.4, -0.2) is 33.2 Å². The molecule has 5 heteroatoms. The second-order valence-electron chi connectivity index (χ2n) is 4.84. The number of likely N-dealkylation sites (tertiary alicyclic amines) is 1. The third-order valence-corrected chi connectivity index (χ3v) is 3.57. The number of nitrogens with one attached hydrogen (secondary N) is 1. The van der Waals surface area contributed by atoms with Gasteiger partial charge in [0.05, 0.1) is 5.92 Å². The Morgan fingerprint density at radius 2 is 2.05 bits per heavy atom. The van der Waals surface area contributed by atoms with E-state index in [-0.39, 0.29) is 24.2 Å². The summed E-state index contributed by atoms with van der Waals surface area (Å²) in [6.45, 7) is 0.383. The van der Waals surface area contributed by atoms with Gasteiger partial charge in [0.1, 0.15) is 5.82 Å². The summed E-state index contributed by atoms with van der Waals surface area (Å²) in [5.41, 5.74) is 0.909. The molecule has 20 heavy (non-hydrogen) atoms. The number of aromatic nitrogens is 2. The number of benzene rings is 1. The molecule has 1 aliphatic rings. The van der Waals surface area contributed by atoms with E-state index in [2.05, 4.69) is 9.97 Å². The molecule has 1 aromatic carbocycles. The minimum absolute atomic E-state index is 0.101. The second-order valence-corrected chi connectivity index (χ2v) is 4.84. The standard InChI is InChI=1S/C15H15N3O2/c19-14-10-12(11-4-2-1-3-5-11)15(20)18(14)9-6-13-16-7-8-17-13/h1-5,7-8,12H,6,9-10H2,(H,16,17). The quantitative estimate of drug-likeness (QED) is 0.855. The third kappa shape index (κ3) is 2.34. The fourth-order valence-electron chi connectivity index (χ4n) is 2.52. The molecule has 0 radical (unpaired) electrons. The number of imidazole rings is 1. The average Bonchev–Trinajstić information content (AvgIpc) is 3.07. The molecule has 1 aromatic heterocycles. The van der Waals surface area contributed by atoms with Crippen molar-refractivity contribution in [3.8, 4) is 0 Å². The van der Waals surface area contributed by atoms with Gasteiger partial charge in [-0.2, -0.15) is 0 Å². The molecule has 102 valence electrons. The molecule has 1 saturated heterocycles. The molecule has 0 aliphatic carbocycles. The zero-order valence-electron chi connectivity index (χ0n) is 11.0. The van der Waals surface area contributed by atoms with Gasteiger partial charge in [0.2, 0.25) is 11.8 Å². The van der Waals surface area contributed by atoms with Crippen LogP contribution in [0.15, 0.2) is 42.7 Å². The normalized spacial score (nSPS) is 18.8. The van der Waals surface area contributed by atoms with E-state index in [9.17, 15) is 9.59 Å². The van der Waals surface area contributed by atoms with E-state index in [0.29, 0.717) is 13.0 Å². The van der Waals surface area contributed by atoms with Crippen molar-refractivity contribution in [3.63, 3.8) is 0 Å². The SMILES string of the molecule is O=C1CC(c2ccccc2)C(=O)N1CCc1ncc[nH]1. The fourth-order valence-corrected chi connectivity index (χ4v) is 2.52. The van der Waals surface area contributed by atoms with Crippen molar-refractivity contribution in [1.29, 1.82) is 0 Å². The topological polar surface area (TPSA) is 66.1 Å². The Morgan fingerprint density at radius 3 is 2.75 bits per heavy atom. The first-order chi connectivity index (χ1) is 9.75. The van der Waals surface area contributed by atoms with E-state index >= 15 is 0 Å². The maximum absolute atomic E-state index is 12.4. The van der Waals surface area contributed by atoms with Gasteiger partial charge in [-0.25, -0.2) is 4.98 Å². The fraction of sp³-hybridized carbons (Fsp3) is 0.267. The molecule has 2 aromatic rings. The Hall–Kier alpha value is -2.43. The molecule has 5 nitrogen and oxygen atoms in total. The first-order valence-electron chi connectivity index (χ1n) is 6.63. The Morgan fingerprint density at radius 1 is 1.25 bits per heavy atom. The number of carbonyl (C=O) groups is 2. The number of hydrogen-bond acceptors (Lipinski definition) is 3. The molecule has 1 atom stereocenters. The van der Waals surface area contributed by atoms with Crippen LogP contribution in [0, 0.1) is 0 Å². The average molecular weight is 269 g/mol. The minimum Gasteiger partial charge on any atom is -0.349 e. The van der Waals surface area contributed by atoms with E-state index in [1.807, 2.05) is 30.3 Å². The molecule has 0 saturated carbocycles. The van der Waals surface area contributed by atoms with Gasteiger partial charge >= 0.3 is 0 Å². The summed E-state index contributed by atoms with van der Waals surface area (Å²) in [4.78, 5) is 32.8. The highest BCUT2D eigenvalue weighted by molar-refractivity contribution is 6.06. The van der Waals surface area contributed by atoms with E-state index in [4.69, 9.17) is 0 Å².